The highest BCUT2D eigenvalue weighted by atomic mass is 16.6. The lowest BCUT2D eigenvalue weighted by Gasteiger charge is -2.10. The lowest BCUT2D eigenvalue weighted by Crippen LogP contribution is -2.08. The van der Waals surface area contributed by atoms with Crippen LogP contribution >= 0.6 is 0 Å². The van der Waals surface area contributed by atoms with Crippen LogP contribution in [0.5, 0.6) is 11.5 Å². The summed E-state index contributed by atoms with van der Waals surface area (Å²) in [5.74, 6) is 0.709. The van der Waals surface area contributed by atoms with Gasteiger partial charge in [-0.3, -0.25) is 0 Å². The third kappa shape index (κ3) is 7.04. The summed E-state index contributed by atoms with van der Waals surface area (Å²) in [6.07, 6.45) is 4.98. The van der Waals surface area contributed by atoms with Crippen LogP contribution in [0.15, 0.2) is 48.5 Å². The molecule has 2 rings (SSSR count). The summed E-state index contributed by atoms with van der Waals surface area (Å²) in [6.45, 7) is 2.89. The van der Waals surface area contributed by atoms with Crippen LogP contribution in [0, 0.1) is 0 Å². The van der Waals surface area contributed by atoms with E-state index in [-0.39, 0.29) is 0 Å². The molecular weight excluding hydrogens is 344 g/mol. The molecule has 0 heterocycles. The summed E-state index contributed by atoms with van der Waals surface area (Å²) in [5.41, 5.74) is 1.04. The number of ether oxygens (including phenoxy) is 3. The predicted molar refractivity (Wildman–Crippen MR) is 104 cm³/mol. The van der Waals surface area contributed by atoms with Crippen LogP contribution in [-0.2, 0) is 4.74 Å². The molecule has 5 nitrogen and oxygen atoms in total. The molecule has 0 spiro atoms. The van der Waals surface area contributed by atoms with Crippen LogP contribution < -0.4 is 9.47 Å². The monoisotopic (exact) mass is 372 g/mol. The van der Waals surface area contributed by atoms with Crippen molar-refractivity contribution >= 4 is 5.97 Å². The number of hydrogen-bond acceptors (Lipinski definition) is 5. The minimum Gasteiger partial charge on any atom is -0.494 e. The van der Waals surface area contributed by atoms with E-state index < -0.39 is 12.3 Å². The highest BCUT2D eigenvalue weighted by Gasteiger charge is 2.10. The van der Waals surface area contributed by atoms with Gasteiger partial charge in [-0.2, -0.15) is 0 Å². The van der Waals surface area contributed by atoms with Crippen LogP contribution in [0.3, 0.4) is 0 Å². The van der Waals surface area contributed by atoms with Crippen molar-refractivity contribution in [2.75, 3.05) is 13.7 Å². The molecule has 2 aromatic rings. The van der Waals surface area contributed by atoms with Crippen molar-refractivity contribution in [3.05, 3.63) is 59.7 Å². The number of esters is 1. The highest BCUT2D eigenvalue weighted by molar-refractivity contribution is 5.91. The molecule has 0 bridgehead atoms. The maximum atomic E-state index is 12.2. The highest BCUT2D eigenvalue weighted by Crippen LogP contribution is 2.20. The van der Waals surface area contributed by atoms with Gasteiger partial charge in [-0.05, 0) is 42.8 Å². The first-order valence-corrected chi connectivity index (χ1v) is 9.40. The topological polar surface area (TPSA) is 65.0 Å². The Bertz CT molecular complexity index is 679. The largest absolute Gasteiger partial charge is 0.494 e. The number of unbranched alkanes of at least 4 members (excludes halogenated alkanes) is 4. The molecule has 0 radical (unpaired) electrons. The fourth-order valence-electron chi connectivity index (χ4n) is 2.59. The van der Waals surface area contributed by atoms with E-state index in [4.69, 9.17) is 14.2 Å². The van der Waals surface area contributed by atoms with E-state index in [0.29, 0.717) is 23.5 Å². The van der Waals surface area contributed by atoms with Gasteiger partial charge in [0.1, 0.15) is 11.5 Å². The van der Waals surface area contributed by atoms with E-state index in [1.807, 2.05) is 0 Å². The van der Waals surface area contributed by atoms with Gasteiger partial charge in [0, 0.05) is 12.7 Å². The molecule has 0 aromatic heterocycles. The first-order valence-electron chi connectivity index (χ1n) is 9.40. The van der Waals surface area contributed by atoms with Crippen molar-refractivity contribution in [2.24, 2.45) is 0 Å². The quantitative estimate of drug-likeness (QED) is 0.263. The number of aliphatic hydroxyl groups is 1. The van der Waals surface area contributed by atoms with E-state index >= 15 is 0 Å². The first-order chi connectivity index (χ1) is 13.1. The van der Waals surface area contributed by atoms with Gasteiger partial charge < -0.3 is 19.3 Å². The van der Waals surface area contributed by atoms with Gasteiger partial charge in [0.2, 0.25) is 0 Å². The number of benzene rings is 2. The van der Waals surface area contributed by atoms with Gasteiger partial charge >= 0.3 is 5.97 Å². The van der Waals surface area contributed by atoms with Crippen LogP contribution in [0.2, 0.25) is 0 Å². The molecule has 27 heavy (non-hydrogen) atoms. The van der Waals surface area contributed by atoms with Gasteiger partial charge in [0.15, 0.2) is 6.29 Å². The van der Waals surface area contributed by atoms with Crippen LogP contribution in [-0.4, -0.2) is 24.8 Å². The third-order valence-electron chi connectivity index (χ3n) is 4.21. The SMILES string of the molecule is CCCCCCCOc1ccc(C(=O)Oc2ccc(C(O)OC)cc2)cc1. The van der Waals surface area contributed by atoms with E-state index in [9.17, 15) is 9.90 Å². The second kappa shape index (κ2) is 11.4. The van der Waals surface area contributed by atoms with Crippen LogP contribution in [0.25, 0.3) is 0 Å². The second-order valence-electron chi connectivity index (χ2n) is 6.33. The van der Waals surface area contributed by atoms with Gasteiger partial charge in [-0.1, -0.05) is 44.7 Å². The van der Waals surface area contributed by atoms with Gasteiger partial charge in [-0.15, -0.1) is 0 Å². The van der Waals surface area contributed by atoms with E-state index in [2.05, 4.69) is 6.92 Å². The summed E-state index contributed by atoms with van der Waals surface area (Å²) < 4.78 is 15.9. The molecule has 146 valence electrons. The molecule has 1 atom stereocenters. The van der Waals surface area contributed by atoms with Crippen molar-refractivity contribution in [3.63, 3.8) is 0 Å². The van der Waals surface area contributed by atoms with Crippen molar-refractivity contribution in [3.8, 4) is 11.5 Å². The summed E-state index contributed by atoms with van der Waals surface area (Å²) in [5, 5.41) is 9.58. The lowest BCUT2D eigenvalue weighted by atomic mass is 10.2. The van der Waals surface area contributed by atoms with E-state index in [1.54, 1.807) is 48.5 Å². The summed E-state index contributed by atoms with van der Waals surface area (Å²) in [6, 6.07) is 13.5. The molecule has 0 saturated carbocycles. The van der Waals surface area contributed by atoms with Crippen molar-refractivity contribution in [1.82, 2.24) is 0 Å². The molecule has 1 unspecified atom stereocenters. The van der Waals surface area contributed by atoms with Crippen molar-refractivity contribution < 1.29 is 24.1 Å². The number of aliphatic hydroxyl groups excluding tert-OH is 1. The Morgan fingerprint density at radius 2 is 1.56 bits per heavy atom. The van der Waals surface area contributed by atoms with Gasteiger partial charge in [0.05, 0.1) is 12.2 Å². The molecule has 5 heteroatoms. The lowest BCUT2D eigenvalue weighted by molar-refractivity contribution is -0.0769. The molecule has 0 aliphatic carbocycles. The third-order valence-corrected chi connectivity index (χ3v) is 4.21. The van der Waals surface area contributed by atoms with E-state index in [0.717, 1.165) is 12.2 Å². The normalized spacial score (nSPS) is 11.8. The van der Waals surface area contributed by atoms with Crippen molar-refractivity contribution in [2.45, 2.75) is 45.3 Å². The molecule has 1 N–H and O–H groups in total. The Hall–Kier alpha value is -2.37. The summed E-state index contributed by atoms with van der Waals surface area (Å²) in [4.78, 5) is 12.2. The molecular formula is C22H28O5. The zero-order valence-corrected chi connectivity index (χ0v) is 16.0. The summed E-state index contributed by atoms with van der Waals surface area (Å²) in [7, 11) is 1.42. The van der Waals surface area contributed by atoms with Crippen LogP contribution in [0.4, 0.5) is 0 Å². The minimum atomic E-state index is -0.992. The predicted octanol–water partition coefficient (Wildman–Crippen LogP) is 4.89. The number of rotatable bonds is 11. The second-order valence-corrected chi connectivity index (χ2v) is 6.33. The molecule has 0 aliphatic rings. The maximum Gasteiger partial charge on any atom is 0.343 e. The maximum absolute atomic E-state index is 12.2. The standard InChI is InChI=1S/C22H28O5/c1-3-4-5-6-7-16-26-19-12-8-18(9-13-19)22(24)27-20-14-10-17(11-15-20)21(23)25-2/h8-15,21,23H,3-7,16H2,1-2H3. The van der Waals surface area contributed by atoms with Gasteiger partial charge in [-0.25, -0.2) is 4.79 Å². The Balaban J connectivity index is 1.81. The Kier molecular flexibility index (Phi) is 8.81. The Morgan fingerprint density at radius 3 is 2.19 bits per heavy atom. The average Bonchev–Trinajstić information content (AvgIpc) is 2.71. The number of hydrogen-bond donors (Lipinski definition) is 1. The van der Waals surface area contributed by atoms with E-state index in [1.165, 1.54) is 32.8 Å². The molecule has 0 aliphatic heterocycles. The molecule has 2 aromatic carbocycles. The smallest absolute Gasteiger partial charge is 0.343 e. The fourth-order valence-corrected chi connectivity index (χ4v) is 2.59. The number of methoxy groups -OCH3 is 1. The molecule has 0 saturated heterocycles. The number of carbonyl (C=O) groups excluding carboxylic acids is 1. The Labute approximate surface area is 160 Å². The van der Waals surface area contributed by atoms with Crippen LogP contribution in [0.1, 0.15) is 61.2 Å². The zero-order chi connectivity index (χ0) is 19.5. The first kappa shape index (κ1) is 20.9. The zero-order valence-electron chi connectivity index (χ0n) is 16.0. The van der Waals surface area contributed by atoms with Gasteiger partial charge in [0.25, 0.3) is 0 Å². The minimum absolute atomic E-state index is 0.402. The number of carbonyl (C=O) groups is 1. The summed E-state index contributed by atoms with van der Waals surface area (Å²) >= 11 is 0. The average molecular weight is 372 g/mol. The Morgan fingerprint density at radius 1 is 0.926 bits per heavy atom. The molecule has 0 fully saturated rings. The van der Waals surface area contributed by atoms with Crippen molar-refractivity contribution in [1.29, 1.82) is 0 Å². The molecule has 0 amide bonds. The fraction of sp³-hybridized carbons (Fsp3) is 0.409.